The molecule has 3 rings (SSSR count). The minimum atomic E-state index is -0.936. The maximum Gasteiger partial charge on any atom is 0.338 e. The number of aliphatic hydroxyl groups excluding tert-OH is 2. The van der Waals surface area contributed by atoms with Crippen molar-refractivity contribution in [2.24, 2.45) is 5.92 Å². The highest BCUT2D eigenvalue weighted by Crippen LogP contribution is 2.46. The lowest BCUT2D eigenvalue weighted by atomic mass is 9.86. The number of hydrogen-bond donors (Lipinski definition) is 3. The third-order valence-corrected chi connectivity index (χ3v) is 4.44. The highest BCUT2D eigenvalue weighted by atomic mass is 16.6. The van der Waals surface area contributed by atoms with Gasteiger partial charge < -0.3 is 24.8 Å². The molecule has 1 saturated heterocycles. The number of fused-ring (bicyclic) bond motifs is 1. The van der Waals surface area contributed by atoms with E-state index in [9.17, 15) is 20.1 Å². The molecule has 0 radical (unpaired) electrons. The van der Waals surface area contributed by atoms with Gasteiger partial charge in [0, 0.05) is 12.5 Å². The van der Waals surface area contributed by atoms with Crippen molar-refractivity contribution in [2.75, 3.05) is 19.8 Å². The minimum Gasteiger partial charge on any atom is -0.508 e. The summed E-state index contributed by atoms with van der Waals surface area (Å²) in [4.78, 5) is 12.2. The molecule has 1 heterocycles. The SMILES string of the molecule is O=C(OC1C=C(CO)C2(CO)OCCC12)c1ccc(O)cc1. The van der Waals surface area contributed by atoms with Gasteiger partial charge in [-0.1, -0.05) is 0 Å². The third kappa shape index (κ3) is 2.29. The van der Waals surface area contributed by atoms with Crippen molar-refractivity contribution in [2.45, 2.75) is 18.1 Å². The van der Waals surface area contributed by atoms with E-state index in [1.54, 1.807) is 6.08 Å². The second-order valence-electron chi connectivity index (χ2n) is 5.56. The zero-order chi connectivity index (χ0) is 15.7. The smallest absolute Gasteiger partial charge is 0.338 e. The molecule has 1 aliphatic carbocycles. The molecule has 2 aliphatic rings. The Balaban J connectivity index is 1.79. The van der Waals surface area contributed by atoms with E-state index >= 15 is 0 Å². The van der Waals surface area contributed by atoms with Gasteiger partial charge in [-0.05, 0) is 42.3 Å². The summed E-state index contributed by atoms with van der Waals surface area (Å²) in [5.74, 6) is -0.636. The number of rotatable bonds is 4. The van der Waals surface area contributed by atoms with Crippen molar-refractivity contribution in [1.82, 2.24) is 0 Å². The number of phenols is 1. The maximum atomic E-state index is 12.2. The van der Waals surface area contributed by atoms with Crippen molar-refractivity contribution in [1.29, 1.82) is 0 Å². The van der Waals surface area contributed by atoms with Crippen molar-refractivity contribution in [3.63, 3.8) is 0 Å². The summed E-state index contributed by atoms with van der Waals surface area (Å²) in [6.07, 6.45) is 1.77. The lowest BCUT2D eigenvalue weighted by Gasteiger charge is -2.30. The van der Waals surface area contributed by atoms with Gasteiger partial charge in [0.25, 0.3) is 0 Å². The van der Waals surface area contributed by atoms with Gasteiger partial charge in [0.15, 0.2) is 0 Å². The summed E-state index contributed by atoms with van der Waals surface area (Å²) in [6, 6.07) is 5.79. The molecule has 118 valence electrons. The number of carbonyl (C=O) groups is 1. The summed E-state index contributed by atoms with van der Waals surface area (Å²) < 4.78 is 11.2. The van der Waals surface area contributed by atoms with Crippen LogP contribution < -0.4 is 0 Å². The standard InChI is InChI=1S/C16H18O6/c17-8-11-7-14(13-5-6-21-16(11,13)9-18)22-15(20)10-1-3-12(19)4-2-10/h1-4,7,13-14,17-19H,5-6,8-9H2. The van der Waals surface area contributed by atoms with E-state index in [1.165, 1.54) is 24.3 Å². The molecule has 6 heteroatoms. The minimum absolute atomic E-state index is 0.0726. The van der Waals surface area contributed by atoms with E-state index < -0.39 is 17.7 Å². The molecule has 22 heavy (non-hydrogen) atoms. The van der Waals surface area contributed by atoms with Gasteiger partial charge in [-0.3, -0.25) is 0 Å². The van der Waals surface area contributed by atoms with Crippen LogP contribution in [0, 0.1) is 5.92 Å². The molecule has 3 N–H and O–H groups in total. The van der Waals surface area contributed by atoms with Crippen molar-refractivity contribution in [3.05, 3.63) is 41.5 Å². The molecule has 3 atom stereocenters. The number of benzene rings is 1. The van der Waals surface area contributed by atoms with Crippen LogP contribution in [0.3, 0.4) is 0 Å². The van der Waals surface area contributed by atoms with E-state index in [0.29, 0.717) is 24.2 Å². The van der Waals surface area contributed by atoms with Crippen LogP contribution in [0.2, 0.25) is 0 Å². The van der Waals surface area contributed by atoms with Crippen LogP contribution in [0.15, 0.2) is 35.9 Å². The maximum absolute atomic E-state index is 12.2. The zero-order valence-corrected chi connectivity index (χ0v) is 11.9. The Hall–Kier alpha value is -1.89. The van der Waals surface area contributed by atoms with E-state index in [0.717, 1.165) is 0 Å². The summed E-state index contributed by atoms with van der Waals surface area (Å²) >= 11 is 0. The number of aromatic hydroxyl groups is 1. The first-order valence-corrected chi connectivity index (χ1v) is 7.17. The van der Waals surface area contributed by atoms with Crippen LogP contribution in [0.1, 0.15) is 16.8 Å². The normalized spacial score (nSPS) is 30.0. The second kappa shape index (κ2) is 5.72. The fourth-order valence-electron chi connectivity index (χ4n) is 3.28. The van der Waals surface area contributed by atoms with Gasteiger partial charge in [0.05, 0.1) is 18.8 Å². The Labute approximate surface area is 127 Å². The lowest BCUT2D eigenvalue weighted by Crippen LogP contribution is -2.42. The number of phenolic OH excluding ortho intramolecular Hbond substituents is 1. The quantitative estimate of drug-likeness (QED) is 0.557. The largest absolute Gasteiger partial charge is 0.508 e. The fourth-order valence-corrected chi connectivity index (χ4v) is 3.28. The molecule has 0 bridgehead atoms. The lowest BCUT2D eigenvalue weighted by molar-refractivity contribution is -0.0504. The molecule has 0 aromatic heterocycles. The highest BCUT2D eigenvalue weighted by molar-refractivity contribution is 5.89. The molecule has 0 saturated carbocycles. The average Bonchev–Trinajstić information content (AvgIpc) is 3.07. The first-order valence-electron chi connectivity index (χ1n) is 7.17. The van der Waals surface area contributed by atoms with Crippen LogP contribution in [0.4, 0.5) is 0 Å². The number of esters is 1. The van der Waals surface area contributed by atoms with Crippen LogP contribution in [-0.2, 0) is 9.47 Å². The van der Waals surface area contributed by atoms with Gasteiger partial charge in [0.2, 0.25) is 0 Å². The molecule has 1 aromatic carbocycles. The molecule has 3 unspecified atom stereocenters. The molecule has 1 aliphatic heterocycles. The molecule has 0 spiro atoms. The third-order valence-electron chi connectivity index (χ3n) is 4.44. The summed E-state index contributed by atoms with van der Waals surface area (Å²) in [5, 5.41) is 28.4. The summed E-state index contributed by atoms with van der Waals surface area (Å²) in [5.41, 5.74) is -0.0487. The van der Waals surface area contributed by atoms with Gasteiger partial charge in [-0.25, -0.2) is 4.79 Å². The molecule has 1 aromatic rings. The Morgan fingerprint density at radius 2 is 2.05 bits per heavy atom. The van der Waals surface area contributed by atoms with Gasteiger partial charge >= 0.3 is 5.97 Å². The van der Waals surface area contributed by atoms with Crippen molar-refractivity contribution < 1.29 is 29.6 Å². The van der Waals surface area contributed by atoms with Crippen LogP contribution in [0.5, 0.6) is 5.75 Å². The van der Waals surface area contributed by atoms with Gasteiger partial charge in [-0.2, -0.15) is 0 Å². The van der Waals surface area contributed by atoms with Crippen LogP contribution >= 0.6 is 0 Å². The van der Waals surface area contributed by atoms with E-state index in [1.807, 2.05) is 0 Å². The van der Waals surface area contributed by atoms with Crippen LogP contribution in [0.25, 0.3) is 0 Å². The summed E-state index contributed by atoms with van der Waals surface area (Å²) in [6.45, 7) is -0.0442. The molecule has 1 fully saturated rings. The van der Waals surface area contributed by atoms with Gasteiger partial charge in [-0.15, -0.1) is 0 Å². The highest BCUT2D eigenvalue weighted by Gasteiger charge is 2.55. The fraction of sp³-hybridized carbons (Fsp3) is 0.438. The predicted molar refractivity (Wildman–Crippen MR) is 76.4 cm³/mol. The van der Waals surface area contributed by atoms with Crippen LogP contribution in [-0.4, -0.2) is 52.8 Å². The van der Waals surface area contributed by atoms with E-state index in [2.05, 4.69) is 0 Å². The zero-order valence-electron chi connectivity index (χ0n) is 11.9. The van der Waals surface area contributed by atoms with E-state index in [-0.39, 0.29) is 24.9 Å². The Morgan fingerprint density at radius 3 is 2.68 bits per heavy atom. The Kier molecular flexibility index (Phi) is 3.90. The topological polar surface area (TPSA) is 96.2 Å². The first kappa shape index (κ1) is 15.0. The predicted octanol–water partition coefficient (Wildman–Crippen LogP) is 0.617. The second-order valence-corrected chi connectivity index (χ2v) is 5.56. The molecule has 6 nitrogen and oxygen atoms in total. The Bertz CT molecular complexity index is 593. The molecular weight excluding hydrogens is 288 g/mol. The molecule has 0 amide bonds. The number of hydrogen-bond acceptors (Lipinski definition) is 6. The Morgan fingerprint density at radius 1 is 1.32 bits per heavy atom. The number of ether oxygens (including phenoxy) is 2. The first-order chi connectivity index (χ1) is 10.6. The average molecular weight is 306 g/mol. The molecular formula is C16H18O6. The van der Waals surface area contributed by atoms with E-state index in [4.69, 9.17) is 9.47 Å². The number of carbonyl (C=O) groups excluding carboxylic acids is 1. The summed E-state index contributed by atoms with van der Waals surface area (Å²) in [7, 11) is 0. The van der Waals surface area contributed by atoms with Crippen molar-refractivity contribution >= 4 is 5.97 Å². The van der Waals surface area contributed by atoms with Crippen molar-refractivity contribution in [3.8, 4) is 5.75 Å². The number of aliphatic hydroxyl groups is 2. The monoisotopic (exact) mass is 306 g/mol. The van der Waals surface area contributed by atoms with Gasteiger partial charge in [0.1, 0.15) is 17.5 Å².